The van der Waals surface area contributed by atoms with Crippen LogP contribution in [0.3, 0.4) is 0 Å². The van der Waals surface area contributed by atoms with Crippen LogP contribution in [0.15, 0.2) is 0 Å². The van der Waals surface area contributed by atoms with Gasteiger partial charge in [0.1, 0.15) is 0 Å². The number of piperidine rings is 2. The molecule has 112 valence electrons. The Morgan fingerprint density at radius 3 is 2.42 bits per heavy atom. The van der Waals surface area contributed by atoms with Crippen LogP contribution in [-0.2, 0) is 9.53 Å². The molecule has 4 nitrogen and oxygen atoms in total. The Hall–Kier alpha value is -0.320. The molecule has 2 saturated heterocycles. The van der Waals surface area contributed by atoms with Gasteiger partial charge in [-0.25, -0.2) is 0 Å². The highest BCUT2D eigenvalue weighted by molar-refractivity contribution is 5.85. The SMILES string of the molecule is CCOCCC(=O)N1CCC2(CCNCC2)CC1.Cl. The number of halogens is 1. The molecule has 0 bridgehead atoms. The molecular formula is C14H27ClN2O2. The average molecular weight is 291 g/mol. The van der Waals surface area contributed by atoms with Gasteiger partial charge in [0.15, 0.2) is 0 Å². The van der Waals surface area contributed by atoms with Crippen molar-refractivity contribution in [2.24, 2.45) is 5.41 Å². The van der Waals surface area contributed by atoms with E-state index >= 15 is 0 Å². The zero-order chi connectivity index (χ0) is 12.8. The summed E-state index contributed by atoms with van der Waals surface area (Å²) >= 11 is 0. The van der Waals surface area contributed by atoms with Crippen molar-refractivity contribution < 1.29 is 9.53 Å². The van der Waals surface area contributed by atoms with Crippen LogP contribution >= 0.6 is 12.4 Å². The van der Waals surface area contributed by atoms with E-state index < -0.39 is 0 Å². The molecule has 0 radical (unpaired) electrons. The van der Waals surface area contributed by atoms with E-state index in [1.54, 1.807) is 0 Å². The average Bonchev–Trinajstić information content (AvgIpc) is 2.41. The lowest BCUT2D eigenvalue weighted by atomic mass is 9.71. The molecule has 1 spiro atoms. The lowest BCUT2D eigenvalue weighted by Gasteiger charge is -2.44. The van der Waals surface area contributed by atoms with Crippen molar-refractivity contribution in [1.82, 2.24) is 10.2 Å². The first kappa shape index (κ1) is 16.7. The van der Waals surface area contributed by atoms with Gasteiger partial charge in [-0.15, -0.1) is 12.4 Å². The largest absolute Gasteiger partial charge is 0.381 e. The first-order chi connectivity index (χ1) is 8.76. The van der Waals surface area contributed by atoms with Gasteiger partial charge in [0.05, 0.1) is 13.0 Å². The molecule has 0 aliphatic carbocycles. The molecule has 0 aromatic carbocycles. The maximum absolute atomic E-state index is 12.0. The van der Waals surface area contributed by atoms with Crippen molar-refractivity contribution >= 4 is 18.3 Å². The molecular weight excluding hydrogens is 264 g/mol. The lowest BCUT2D eigenvalue weighted by Crippen LogP contribution is -2.47. The molecule has 5 heteroatoms. The van der Waals surface area contributed by atoms with Crippen molar-refractivity contribution in [3.05, 3.63) is 0 Å². The topological polar surface area (TPSA) is 41.6 Å². The molecule has 2 heterocycles. The fourth-order valence-corrected chi connectivity index (χ4v) is 3.15. The van der Waals surface area contributed by atoms with Crippen molar-refractivity contribution in [1.29, 1.82) is 0 Å². The Kier molecular flexibility index (Phi) is 7.11. The molecule has 0 aromatic rings. The van der Waals surface area contributed by atoms with Gasteiger partial charge in [-0.3, -0.25) is 4.79 Å². The Bertz CT molecular complexity index is 271. The lowest BCUT2D eigenvalue weighted by molar-refractivity contribution is -0.134. The zero-order valence-electron chi connectivity index (χ0n) is 12.0. The first-order valence-corrected chi connectivity index (χ1v) is 7.32. The third kappa shape index (κ3) is 4.62. The summed E-state index contributed by atoms with van der Waals surface area (Å²) in [6.45, 7) is 7.43. The third-order valence-corrected chi connectivity index (χ3v) is 4.51. The summed E-state index contributed by atoms with van der Waals surface area (Å²) in [6, 6.07) is 0. The maximum atomic E-state index is 12.0. The number of carbonyl (C=O) groups is 1. The molecule has 2 fully saturated rings. The van der Waals surface area contributed by atoms with Gasteiger partial charge in [-0.2, -0.15) is 0 Å². The van der Waals surface area contributed by atoms with E-state index in [0.29, 0.717) is 25.0 Å². The Labute approximate surface area is 122 Å². The Morgan fingerprint density at radius 1 is 1.21 bits per heavy atom. The van der Waals surface area contributed by atoms with Gasteiger partial charge in [-0.05, 0) is 51.1 Å². The molecule has 19 heavy (non-hydrogen) atoms. The maximum Gasteiger partial charge on any atom is 0.224 e. The van der Waals surface area contributed by atoms with E-state index in [0.717, 1.165) is 26.2 Å². The van der Waals surface area contributed by atoms with Gasteiger partial charge >= 0.3 is 0 Å². The number of carbonyl (C=O) groups excluding carboxylic acids is 1. The van der Waals surface area contributed by atoms with E-state index in [-0.39, 0.29) is 18.3 Å². The van der Waals surface area contributed by atoms with Crippen molar-refractivity contribution in [2.45, 2.75) is 39.0 Å². The molecule has 0 aromatic heterocycles. The predicted molar refractivity (Wildman–Crippen MR) is 78.7 cm³/mol. The Balaban J connectivity index is 0.00000180. The van der Waals surface area contributed by atoms with Gasteiger partial charge in [0.25, 0.3) is 0 Å². The fraction of sp³-hybridized carbons (Fsp3) is 0.929. The van der Waals surface area contributed by atoms with E-state index in [9.17, 15) is 4.79 Å². The van der Waals surface area contributed by atoms with Crippen LogP contribution in [0.4, 0.5) is 0 Å². The summed E-state index contributed by atoms with van der Waals surface area (Å²) in [4.78, 5) is 14.0. The smallest absolute Gasteiger partial charge is 0.224 e. The molecule has 2 rings (SSSR count). The highest BCUT2D eigenvalue weighted by Crippen LogP contribution is 2.39. The number of nitrogens with one attached hydrogen (secondary N) is 1. The molecule has 0 saturated carbocycles. The van der Waals surface area contributed by atoms with Crippen LogP contribution in [-0.4, -0.2) is 50.2 Å². The number of rotatable bonds is 4. The first-order valence-electron chi connectivity index (χ1n) is 7.32. The van der Waals surface area contributed by atoms with E-state index in [1.165, 1.54) is 25.7 Å². The third-order valence-electron chi connectivity index (χ3n) is 4.51. The number of nitrogens with zero attached hydrogens (tertiary/aromatic N) is 1. The second-order valence-corrected chi connectivity index (χ2v) is 5.58. The predicted octanol–water partition coefficient (Wildman–Crippen LogP) is 1.83. The van der Waals surface area contributed by atoms with E-state index in [1.807, 2.05) is 11.8 Å². The van der Waals surface area contributed by atoms with Crippen LogP contribution in [0, 0.1) is 5.41 Å². The van der Waals surface area contributed by atoms with Crippen LogP contribution < -0.4 is 5.32 Å². The van der Waals surface area contributed by atoms with Crippen LogP contribution in [0.2, 0.25) is 0 Å². The van der Waals surface area contributed by atoms with Crippen molar-refractivity contribution in [3.63, 3.8) is 0 Å². The van der Waals surface area contributed by atoms with Crippen LogP contribution in [0.1, 0.15) is 39.0 Å². The fourth-order valence-electron chi connectivity index (χ4n) is 3.15. The molecule has 0 unspecified atom stereocenters. The summed E-state index contributed by atoms with van der Waals surface area (Å²) in [5.41, 5.74) is 0.530. The standard InChI is InChI=1S/C14H26N2O2.ClH/c1-2-18-12-3-13(17)16-10-6-14(7-11-16)4-8-15-9-5-14;/h15H,2-12H2,1H3;1H. The normalized spacial score (nSPS) is 22.1. The quantitative estimate of drug-likeness (QED) is 0.803. The summed E-state index contributed by atoms with van der Waals surface area (Å²) in [6.07, 6.45) is 5.49. The highest BCUT2D eigenvalue weighted by atomic mass is 35.5. The van der Waals surface area contributed by atoms with Crippen LogP contribution in [0.5, 0.6) is 0 Å². The summed E-state index contributed by atoms with van der Waals surface area (Å²) in [5, 5.41) is 3.43. The highest BCUT2D eigenvalue weighted by Gasteiger charge is 2.36. The molecule has 2 aliphatic rings. The van der Waals surface area contributed by atoms with Gasteiger partial charge < -0.3 is 15.0 Å². The number of ether oxygens (including phenoxy) is 1. The van der Waals surface area contributed by atoms with E-state index in [4.69, 9.17) is 4.74 Å². The number of hydrogen-bond acceptors (Lipinski definition) is 3. The minimum absolute atomic E-state index is 0. The zero-order valence-corrected chi connectivity index (χ0v) is 12.8. The van der Waals surface area contributed by atoms with Gasteiger partial charge in [0.2, 0.25) is 5.91 Å². The monoisotopic (exact) mass is 290 g/mol. The minimum atomic E-state index is 0. The van der Waals surface area contributed by atoms with Crippen molar-refractivity contribution in [3.8, 4) is 0 Å². The minimum Gasteiger partial charge on any atom is -0.381 e. The summed E-state index contributed by atoms with van der Waals surface area (Å²) in [7, 11) is 0. The summed E-state index contributed by atoms with van der Waals surface area (Å²) < 4.78 is 5.25. The van der Waals surface area contributed by atoms with Crippen LogP contribution in [0.25, 0.3) is 0 Å². The molecule has 2 aliphatic heterocycles. The summed E-state index contributed by atoms with van der Waals surface area (Å²) in [5.74, 6) is 0.271. The molecule has 0 atom stereocenters. The second-order valence-electron chi connectivity index (χ2n) is 5.58. The molecule has 1 N–H and O–H groups in total. The van der Waals surface area contributed by atoms with Gasteiger partial charge in [0, 0.05) is 19.7 Å². The van der Waals surface area contributed by atoms with Crippen molar-refractivity contribution in [2.75, 3.05) is 39.4 Å². The number of likely N-dealkylation sites (tertiary alicyclic amines) is 1. The Morgan fingerprint density at radius 2 is 1.84 bits per heavy atom. The number of amides is 1. The molecule has 1 amide bonds. The number of hydrogen-bond donors (Lipinski definition) is 1. The van der Waals surface area contributed by atoms with Gasteiger partial charge in [-0.1, -0.05) is 0 Å². The second kappa shape index (κ2) is 8.08. The van der Waals surface area contributed by atoms with E-state index in [2.05, 4.69) is 5.32 Å².